The summed E-state index contributed by atoms with van der Waals surface area (Å²) in [5, 5.41) is 11.1. The Morgan fingerprint density at radius 3 is 2.78 bits per heavy atom. The number of nitrogens with zero attached hydrogens (tertiary/aromatic N) is 3. The predicted molar refractivity (Wildman–Crippen MR) is 71.8 cm³/mol. The lowest BCUT2D eigenvalue weighted by Crippen LogP contribution is -2.50. The van der Waals surface area contributed by atoms with Crippen molar-refractivity contribution in [3.63, 3.8) is 0 Å². The number of hydrogen-bond acceptors (Lipinski definition) is 5. The molecule has 0 bridgehead atoms. The Morgan fingerprint density at radius 1 is 1.44 bits per heavy atom. The minimum atomic E-state index is -0.395. The van der Waals surface area contributed by atoms with Gasteiger partial charge in [0.1, 0.15) is 11.4 Å². The van der Waals surface area contributed by atoms with E-state index in [1.165, 1.54) is 0 Å². The van der Waals surface area contributed by atoms with Gasteiger partial charge in [-0.1, -0.05) is 6.07 Å². The molecule has 1 aromatic carbocycles. The van der Waals surface area contributed by atoms with Crippen LogP contribution in [0.3, 0.4) is 0 Å². The number of nitro groups is 1. The molecule has 1 aromatic rings. The van der Waals surface area contributed by atoms with E-state index >= 15 is 0 Å². The van der Waals surface area contributed by atoms with Gasteiger partial charge in [-0.2, -0.15) is 0 Å². The molecule has 0 spiro atoms. The van der Waals surface area contributed by atoms with E-state index in [1.807, 2.05) is 4.90 Å². The summed E-state index contributed by atoms with van der Waals surface area (Å²) in [5.41, 5.74) is 6.59. The van der Waals surface area contributed by atoms with Gasteiger partial charge in [-0.25, -0.2) is 0 Å². The third-order valence-corrected chi connectivity index (χ3v) is 3.53. The first-order valence-electron chi connectivity index (χ1n) is 5.98. The summed E-state index contributed by atoms with van der Waals surface area (Å²) in [6.45, 7) is 4.57. The van der Waals surface area contributed by atoms with E-state index in [1.54, 1.807) is 18.2 Å². The largest absolute Gasteiger partial charge is 0.393 e. The summed E-state index contributed by atoms with van der Waals surface area (Å²) < 4.78 is 0. The molecular weight excluding hydrogens is 232 g/mol. The first-order chi connectivity index (χ1) is 8.50. The van der Waals surface area contributed by atoms with E-state index in [0.717, 1.165) is 19.6 Å². The first kappa shape index (κ1) is 12.6. The number of rotatable bonds is 2. The molecule has 1 aliphatic rings. The number of para-hydroxylation sites is 1. The molecule has 0 aliphatic carbocycles. The quantitative estimate of drug-likeness (QED) is 0.486. The molecule has 2 N–H and O–H groups in total. The lowest BCUT2D eigenvalue weighted by atomic mass is 10.1. The van der Waals surface area contributed by atoms with Crippen LogP contribution in [-0.2, 0) is 0 Å². The summed E-state index contributed by atoms with van der Waals surface area (Å²) >= 11 is 0. The van der Waals surface area contributed by atoms with Crippen LogP contribution in [-0.4, -0.2) is 42.5 Å². The molecule has 0 aromatic heterocycles. The molecule has 98 valence electrons. The molecular formula is C12H18N4O2. The number of benzene rings is 1. The van der Waals surface area contributed by atoms with Crippen molar-refractivity contribution in [2.24, 2.45) is 0 Å². The van der Waals surface area contributed by atoms with Crippen LogP contribution in [0.2, 0.25) is 0 Å². The van der Waals surface area contributed by atoms with Crippen LogP contribution in [0.5, 0.6) is 0 Å². The molecule has 0 radical (unpaired) electrons. The number of nitrogen functional groups attached to an aromatic ring is 1. The molecule has 2 rings (SSSR count). The van der Waals surface area contributed by atoms with Crippen molar-refractivity contribution in [1.29, 1.82) is 0 Å². The molecule has 1 saturated heterocycles. The Kier molecular flexibility index (Phi) is 3.38. The van der Waals surface area contributed by atoms with Crippen LogP contribution in [0.1, 0.15) is 6.92 Å². The van der Waals surface area contributed by atoms with Crippen molar-refractivity contribution in [3.05, 3.63) is 28.3 Å². The monoisotopic (exact) mass is 250 g/mol. The number of nitrogens with two attached hydrogens (primary N) is 1. The average molecular weight is 250 g/mol. The fraction of sp³-hybridized carbons (Fsp3) is 0.500. The van der Waals surface area contributed by atoms with E-state index in [2.05, 4.69) is 18.9 Å². The number of nitro benzene ring substituents is 1. The smallest absolute Gasteiger partial charge is 0.315 e. The third kappa shape index (κ3) is 2.24. The second-order valence-corrected chi connectivity index (χ2v) is 4.75. The van der Waals surface area contributed by atoms with E-state index < -0.39 is 4.92 Å². The summed E-state index contributed by atoms with van der Waals surface area (Å²) in [5.74, 6) is 0. The molecule has 1 heterocycles. The van der Waals surface area contributed by atoms with Gasteiger partial charge in [0, 0.05) is 25.7 Å². The second-order valence-electron chi connectivity index (χ2n) is 4.75. The number of likely N-dealkylation sites (N-methyl/N-ethyl adjacent to an activating group) is 1. The van der Waals surface area contributed by atoms with Gasteiger partial charge in [0.05, 0.1) is 4.92 Å². The average Bonchev–Trinajstić information content (AvgIpc) is 2.32. The van der Waals surface area contributed by atoms with E-state index in [0.29, 0.717) is 11.7 Å². The van der Waals surface area contributed by atoms with Crippen LogP contribution in [0.15, 0.2) is 18.2 Å². The molecule has 0 saturated carbocycles. The minimum absolute atomic E-state index is 0.0225. The molecule has 1 unspecified atom stereocenters. The maximum absolute atomic E-state index is 11.1. The van der Waals surface area contributed by atoms with E-state index in [4.69, 9.17) is 5.73 Å². The van der Waals surface area contributed by atoms with Crippen LogP contribution >= 0.6 is 0 Å². The highest BCUT2D eigenvalue weighted by Gasteiger charge is 2.27. The fourth-order valence-corrected chi connectivity index (χ4v) is 2.27. The summed E-state index contributed by atoms with van der Waals surface area (Å²) in [4.78, 5) is 15.0. The zero-order valence-electron chi connectivity index (χ0n) is 10.7. The maximum Gasteiger partial charge on any atom is 0.315 e. The fourth-order valence-electron chi connectivity index (χ4n) is 2.27. The predicted octanol–water partition coefficient (Wildman–Crippen LogP) is 1.32. The molecule has 6 nitrogen and oxygen atoms in total. The van der Waals surface area contributed by atoms with Gasteiger partial charge in [0.15, 0.2) is 0 Å². The van der Waals surface area contributed by atoms with Crippen molar-refractivity contribution >= 4 is 17.1 Å². The third-order valence-electron chi connectivity index (χ3n) is 3.53. The first-order valence-corrected chi connectivity index (χ1v) is 5.98. The zero-order valence-corrected chi connectivity index (χ0v) is 10.7. The number of anilines is 2. The van der Waals surface area contributed by atoms with Crippen molar-refractivity contribution in [2.75, 3.05) is 37.3 Å². The minimum Gasteiger partial charge on any atom is -0.393 e. The van der Waals surface area contributed by atoms with Crippen LogP contribution in [0.4, 0.5) is 17.1 Å². The van der Waals surface area contributed by atoms with E-state index in [-0.39, 0.29) is 11.4 Å². The van der Waals surface area contributed by atoms with Crippen LogP contribution in [0.25, 0.3) is 0 Å². The van der Waals surface area contributed by atoms with Crippen molar-refractivity contribution < 1.29 is 4.92 Å². The highest BCUT2D eigenvalue weighted by molar-refractivity contribution is 5.75. The Labute approximate surface area is 106 Å². The molecule has 0 amide bonds. The van der Waals surface area contributed by atoms with E-state index in [9.17, 15) is 10.1 Å². The van der Waals surface area contributed by atoms with Crippen molar-refractivity contribution in [2.45, 2.75) is 13.0 Å². The highest BCUT2D eigenvalue weighted by Crippen LogP contribution is 2.34. The molecule has 1 atom stereocenters. The Morgan fingerprint density at radius 2 is 2.17 bits per heavy atom. The van der Waals surface area contributed by atoms with Gasteiger partial charge in [0.2, 0.25) is 0 Å². The number of hydrogen-bond donors (Lipinski definition) is 1. The Balaban J connectivity index is 2.34. The van der Waals surface area contributed by atoms with Crippen molar-refractivity contribution in [3.8, 4) is 0 Å². The Bertz CT molecular complexity index is 463. The van der Waals surface area contributed by atoms with Gasteiger partial charge < -0.3 is 15.5 Å². The summed E-state index contributed by atoms with van der Waals surface area (Å²) in [6.07, 6.45) is 0. The van der Waals surface area contributed by atoms with Crippen molar-refractivity contribution in [1.82, 2.24) is 4.90 Å². The number of piperazine rings is 1. The lowest BCUT2D eigenvalue weighted by Gasteiger charge is -2.38. The lowest BCUT2D eigenvalue weighted by molar-refractivity contribution is -0.383. The highest BCUT2D eigenvalue weighted by atomic mass is 16.6. The molecule has 1 aliphatic heterocycles. The second kappa shape index (κ2) is 4.81. The summed E-state index contributed by atoms with van der Waals surface area (Å²) in [6, 6.07) is 5.48. The maximum atomic E-state index is 11.1. The van der Waals surface area contributed by atoms with Gasteiger partial charge in [-0.05, 0) is 26.1 Å². The standard InChI is InChI=1S/C12H18N4O2/c1-9-8-15(7-6-14(9)2)11-5-3-4-10(13)12(11)16(17)18/h3-5,9H,6-8,13H2,1-2H3. The van der Waals surface area contributed by atoms with Gasteiger partial charge >= 0.3 is 5.69 Å². The topological polar surface area (TPSA) is 75.6 Å². The molecule has 18 heavy (non-hydrogen) atoms. The molecule has 1 fully saturated rings. The van der Waals surface area contributed by atoms with Gasteiger partial charge in [-0.15, -0.1) is 0 Å². The van der Waals surface area contributed by atoms with Gasteiger partial charge in [0.25, 0.3) is 0 Å². The zero-order chi connectivity index (χ0) is 13.3. The SMILES string of the molecule is CC1CN(c2cccc(N)c2[N+](=O)[O-])CCN1C. The van der Waals surface area contributed by atoms with Crippen LogP contribution < -0.4 is 10.6 Å². The van der Waals surface area contributed by atoms with Gasteiger partial charge in [-0.3, -0.25) is 10.1 Å². The van der Waals surface area contributed by atoms with Crippen LogP contribution in [0, 0.1) is 10.1 Å². The summed E-state index contributed by atoms with van der Waals surface area (Å²) in [7, 11) is 2.07. The Hall–Kier alpha value is -1.82. The normalized spacial score (nSPS) is 21.0. The molecule has 6 heteroatoms.